The molecular formula is C17H18F3N3O. The van der Waals surface area contributed by atoms with Gasteiger partial charge in [0, 0.05) is 6.54 Å². The van der Waals surface area contributed by atoms with Crippen LogP contribution in [0.4, 0.5) is 24.5 Å². The van der Waals surface area contributed by atoms with Crippen LogP contribution in [0.3, 0.4) is 0 Å². The molecule has 1 heterocycles. The van der Waals surface area contributed by atoms with Crippen molar-refractivity contribution in [1.29, 1.82) is 0 Å². The van der Waals surface area contributed by atoms with E-state index < -0.39 is 11.7 Å². The average molecular weight is 337 g/mol. The lowest BCUT2D eigenvalue weighted by Crippen LogP contribution is -2.25. The van der Waals surface area contributed by atoms with E-state index in [4.69, 9.17) is 0 Å². The second-order valence-electron chi connectivity index (χ2n) is 5.21. The Morgan fingerprint density at radius 3 is 2.54 bits per heavy atom. The first kappa shape index (κ1) is 17.8. The molecule has 0 atom stereocenters. The standard InChI is InChI=1S/C17H18F3N3O/c1-2-3-10-21-16(24)15-9-8-12(11-22-15)23-14-7-5-4-6-13(14)17(18,19)20/h4-9,11,23H,2-3,10H2,1H3,(H,21,24). The Labute approximate surface area is 138 Å². The van der Waals surface area contributed by atoms with Crippen LogP contribution in [0.2, 0.25) is 0 Å². The topological polar surface area (TPSA) is 54.0 Å². The van der Waals surface area contributed by atoms with E-state index in [2.05, 4.69) is 15.6 Å². The number of para-hydroxylation sites is 1. The first-order chi connectivity index (χ1) is 11.4. The van der Waals surface area contributed by atoms with Crippen LogP contribution in [-0.4, -0.2) is 17.4 Å². The third-order valence-electron chi connectivity index (χ3n) is 3.32. The molecule has 1 aromatic heterocycles. The maximum Gasteiger partial charge on any atom is 0.418 e. The van der Waals surface area contributed by atoms with Gasteiger partial charge in [0.05, 0.1) is 23.1 Å². The molecular weight excluding hydrogens is 319 g/mol. The van der Waals surface area contributed by atoms with E-state index in [1.54, 1.807) is 0 Å². The summed E-state index contributed by atoms with van der Waals surface area (Å²) in [6.45, 7) is 2.58. The summed E-state index contributed by atoms with van der Waals surface area (Å²) in [6.07, 6.45) is -1.27. The van der Waals surface area contributed by atoms with E-state index in [0.29, 0.717) is 12.2 Å². The molecule has 2 aromatic rings. The van der Waals surface area contributed by atoms with E-state index in [-0.39, 0.29) is 17.3 Å². The van der Waals surface area contributed by atoms with Crippen LogP contribution in [0.25, 0.3) is 0 Å². The minimum absolute atomic E-state index is 0.0630. The number of carbonyl (C=O) groups excluding carboxylic acids is 1. The highest BCUT2D eigenvalue weighted by Crippen LogP contribution is 2.35. The molecule has 0 aliphatic heterocycles. The lowest BCUT2D eigenvalue weighted by atomic mass is 10.1. The van der Waals surface area contributed by atoms with Crippen molar-refractivity contribution in [2.45, 2.75) is 25.9 Å². The zero-order valence-corrected chi connectivity index (χ0v) is 13.2. The summed E-state index contributed by atoms with van der Waals surface area (Å²) in [4.78, 5) is 15.8. The van der Waals surface area contributed by atoms with Gasteiger partial charge in [-0.3, -0.25) is 4.79 Å². The summed E-state index contributed by atoms with van der Waals surface area (Å²) in [6, 6.07) is 8.19. The van der Waals surface area contributed by atoms with Crippen LogP contribution in [0.5, 0.6) is 0 Å². The van der Waals surface area contributed by atoms with E-state index in [9.17, 15) is 18.0 Å². The van der Waals surface area contributed by atoms with Gasteiger partial charge in [-0.2, -0.15) is 13.2 Å². The van der Waals surface area contributed by atoms with Crippen molar-refractivity contribution in [3.8, 4) is 0 Å². The van der Waals surface area contributed by atoms with Gasteiger partial charge in [-0.25, -0.2) is 4.98 Å². The third-order valence-corrected chi connectivity index (χ3v) is 3.32. The zero-order valence-electron chi connectivity index (χ0n) is 13.2. The van der Waals surface area contributed by atoms with Crippen LogP contribution >= 0.6 is 0 Å². The first-order valence-corrected chi connectivity index (χ1v) is 7.59. The molecule has 4 nitrogen and oxygen atoms in total. The molecule has 0 saturated carbocycles. The van der Waals surface area contributed by atoms with Crippen molar-refractivity contribution < 1.29 is 18.0 Å². The summed E-state index contributed by atoms with van der Waals surface area (Å²) in [5, 5.41) is 5.41. The van der Waals surface area contributed by atoms with Gasteiger partial charge in [0.25, 0.3) is 5.91 Å². The number of aromatic nitrogens is 1. The maximum atomic E-state index is 13.0. The highest BCUT2D eigenvalue weighted by Gasteiger charge is 2.33. The number of anilines is 2. The minimum atomic E-state index is -4.45. The minimum Gasteiger partial charge on any atom is -0.354 e. The smallest absolute Gasteiger partial charge is 0.354 e. The van der Waals surface area contributed by atoms with Crippen molar-refractivity contribution >= 4 is 17.3 Å². The number of halogens is 3. The molecule has 0 unspecified atom stereocenters. The van der Waals surface area contributed by atoms with Crippen molar-refractivity contribution in [3.05, 3.63) is 53.9 Å². The van der Waals surface area contributed by atoms with Crippen molar-refractivity contribution in [1.82, 2.24) is 10.3 Å². The molecule has 0 saturated heterocycles. The number of nitrogens with zero attached hydrogens (tertiary/aromatic N) is 1. The highest BCUT2D eigenvalue weighted by atomic mass is 19.4. The SMILES string of the molecule is CCCCNC(=O)c1ccc(Nc2ccccc2C(F)(F)F)cn1. The number of pyridine rings is 1. The van der Waals surface area contributed by atoms with Gasteiger partial charge in [0.15, 0.2) is 0 Å². The van der Waals surface area contributed by atoms with Gasteiger partial charge < -0.3 is 10.6 Å². The normalized spacial score (nSPS) is 11.2. The summed E-state index contributed by atoms with van der Waals surface area (Å²) < 4.78 is 38.9. The van der Waals surface area contributed by atoms with Crippen molar-refractivity contribution in [2.24, 2.45) is 0 Å². The Morgan fingerprint density at radius 2 is 1.92 bits per heavy atom. The van der Waals surface area contributed by atoms with Crippen LogP contribution in [-0.2, 0) is 6.18 Å². The molecule has 0 aliphatic rings. The fraction of sp³-hybridized carbons (Fsp3) is 0.294. The quantitative estimate of drug-likeness (QED) is 0.770. The number of alkyl halides is 3. The number of nitrogens with one attached hydrogen (secondary N) is 2. The second kappa shape index (κ2) is 7.81. The second-order valence-corrected chi connectivity index (χ2v) is 5.21. The molecule has 128 valence electrons. The number of carbonyl (C=O) groups is 1. The fourth-order valence-corrected chi connectivity index (χ4v) is 2.07. The highest BCUT2D eigenvalue weighted by molar-refractivity contribution is 5.92. The molecule has 1 amide bonds. The van der Waals surface area contributed by atoms with Gasteiger partial charge in [0.2, 0.25) is 0 Å². The molecule has 0 aliphatic carbocycles. The predicted octanol–water partition coefficient (Wildman–Crippen LogP) is 4.37. The van der Waals surface area contributed by atoms with E-state index in [1.165, 1.54) is 36.5 Å². The Bertz CT molecular complexity index is 684. The molecule has 2 N–H and O–H groups in total. The van der Waals surface area contributed by atoms with E-state index in [0.717, 1.165) is 18.9 Å². The van der Waals surface area contributed by atoms with Crippen molar-refractivity contribution in [2.75, 3.05) is 11.9 Å². The van der Waals surface area contributed by atoms with Crippen LogP contribution in [0.1, 0.15) is 35.8 Å². The number of benzene rings is 1. The number of hydrogen-bond donors (Lipinski definition) is 2. The van der Waals surface area contributed by atoms with Gasteiger partial charge in [-0.15, -0.1) is 0 Å². The molecule has 7 heteroatoms. The van der Waals surface area contributed by atoms with Gasteiger partial charge >= 0.3 is 6.18 Å². The van der Waals surface area contributed by atoms with E-state index in [1.807, 2.05) is 6.92 Å². The van der Waals surface area contributed by atoms with Gasteiger partial charge in [-0.05, 0) is 30.7 Å². The Kier molecular flexibility index (Phi) is 5.78. The van der Waals surface area contributed by atoms with Gasteiger partial charge in [-0.1, -0.05) is 25.5 Å². The number of unbranched alkanes of at least 4 members (excludes halogenated alkanes) is 1. The Balaban J connectivity index is 2.09. The summed E-state index contributed by atoms with van der Waals surface area (Å²) in [7, 11) is 0. The average Bonchev–Trinajstić information content (AvgIpc) is 2.55. The molecule has 0 fully saturated rings. The third kappa shape index (κ3) is 4.71. The van der Waals surface area contributed by atoms with Crippen LogP contribution in [0.15, 0.2) is 42.6 Å². The van der Waals surface area contributed by atoms with Crippen LogP contribution < -0.4 is 10.6 Å². The predicted molar refractivity (Wildman–Crippen MR) is 86.2 cm³/mol. The fourth-order valence-electron chi connectivity index (χ4n) is 2.07. The van der Waals surface area contributed by atoms with Crippen LogP contribution in [0, 0.1) is 0 Å². The summed E-state index contributed by atoms with van der Waals surface area (Å²) in [5.41, 5.74) is -0.226. The molecule has 24 heavy (non-hydrogen) atoms. The molecule has 2 rings (SSSR count). The maximum absolute atomic E-state index is 13.0. The molecule has 0 bridgehead atoms. The zero-order chi connectivity index (χ0) is 17.6. The first-order valence-electron chi connectivity index (χ1n) is 7.59. The lowest BCUT2D eigenvalue weighted by molar-refractivity contribution is -0.136. The largest absolute Gasteiger partial charge is 0.418 e. The van der Waals surface area contributed by atoms with Crippen molar-refractivity contribution in [3.63, 3.8) is 0 Å². The van der Waals surface area contributed by atoms with Gasteiger partial charge in [0.1, 0.15) is 5.69 Å². The monoisotopic (exact) mass is 337 g/mol. The lowest BCUT2D eigenvalue weighted by Gasteiger charge is -2.14. The number of rotatable bonds is 6. The molecule has 1 aromatic carbocycles. The molecule has 0 radical (unpaired) electrons. The van der Waals surface area contributed by atoms with E-state index >= 15 is 0 Å². The summed E-state index contributed by atoms with van der Waals surface area (Å²) in [5.74, 6) is -0.300. The Hall–Kier alpha value is -2.57. The Morgan fingerprint density at radius 1 is 1.17 bits per heavy atom. The number of hydrogen-bond acceptors (Lipinski definition) is 3. The molecule has 0 spiro atoms. The number of amides is 1. The summed E-state index contributed by atoms with van der Waals surface area (Å²) >= 11 is 0.